The molecule has 0 aliphatic heterocycles. The van der Waals surface area contributed by atoms with Gasteiger partial charge in [0.05, 0.1) is 27.9 Å². The van der Waals surface area contributed by atoms with Crippen LogP contribution in [-0.4, -0.2) is 10.1 Å². The Morgan fingerprint density at radius 1 is 1.10 bits per heavy atom. The lowest BCUT2D eigenvalue weighted by atomic mass is 10.0. The molecule has 0 saturated heterocycles. The summed E-state index contributed by atoms with van der Waals surface area (Å²) >= 11 is 11.9. The van der Waals surface area contributed by atoms with Crippen LogP contribution in [-0.2, 0) is 12.8 Å². The van der Waals surface area contributed by atoms with Gasteiger partial charge in [-0.3, -0.25) is 4.98 Å². The minimum atomic E-state index is -4.68. The van der Waals surface area contributed by atoms with Crippen molar-refractivity contribution in [2.24, 2.45) is 0 Å². The quantitative estimate of drug-likeness (QED) is 0.879. The first-order chi connectivity index (χ1) is 9.36. The lowest BCUT2D eigenvalue weighted by Gasteiger charge is -2.17. The van der Waals surface area contributed by atoms with Gasteiger partial charge >= 0.3 is 6.18 Å². The highest BCUT2D eigenvalue weighted by molar-refractivity contribution is 6.39. The number of hydrogen-bond acceptors (Lipinski definition) is 2. The van der Waals surface area contributed by atoms with Crippen molar-refractivity contribution in [2.75, 3.05) is 0 Å². The maximum absolute atomic E-state index is 13.2. The summed E-state index contributed by atoms with van der Waals surface area (Å²) in [5.74, 6) is 0. The average Bonchev–Trinajstić information content (AvgIpc) is 2.37. The summed E-state index contributed by atoms with van der Waals surface area (Å²) in [6, 6.07) is 5.49. The van der Waals surface area contributed by atoms with Crippen molar-refractivity contribution in [3.05, 3.63) is 51.6 Å². The van der Waals surface area contributed by atoms with E-state index in [0.717, 1.165) is 6.07 Å². The largest absolute Gasteiger partial charge is 0.418 e. The number of pyridine rings is 1. The Hall–Kier alpha value is -1.30. The number of rotatable bonds is 2. The fourth-order valence-corrected chi connectivity index (χ4v) is 2.44. The van der Waals surface area contributed by atoms with Gasteiger partial charge in [-0.05, 0) is 23.8 Å². The van der Waals surface area contributed by atoms with Crippen LogP contribution in [0.5, 0.6) is 0 Å². The summed E-state index contributed by atoms with van der Waals surface area (Å²) in [7, 11) is 0. The van der Waals surface area contributed by atoms with E-state index in [9.17, 15) is 13.2 Å². The third-order valence-corrected chi connectivity index (χ3v) is 3.32. The number of hydrogen-bond donors (Lipinski definition) is 1. The van der Waals surface area contributed by atoms with Crippen LogP contribution in [0, 0.1) is 0 Å². The molecule has 1 aromatic carbocycles. The van der Waals surface area contributed by atoms with E-state index in [1.165, 1.54) is 24.4 Å². The number of aliphatic hydroxyl groups is 1. The predicted octanol–water partition coefficient (Wildman–Crippen LogP) is 4.57. The molecule has 0 aliphatic rings. The maximum Gasteiger partial charge on any atom is 0.418 e. The van der Waals surface area contributed by atoms with Gasteiger partial charge in [0.25, 0.3) is 0 Å². The van der Waals surface area contributed by atoms with Crippen LogP contribution in [0.4, 0.5) is 13.2 Å². The maximum atomic E-state index is 13.2. The molecule has 0 fully saturated rings. The van der Waals surface area contributed by atoms with E-state index >= 15 is 0 Å². The second kappa shape index (κ2) is 5.60. The topological polar surface area (TPSA) is 33.1 Å². The van der Waals surface area contributed by atoms with Gasteiger partial charge in [0, 0.05) is 11.8 Å². The zero-order chi connectivity index (χ0) is 14.9. The van der Waals surface area contributed by atoms with Crippen molar-refractivity contribution in [1.82, 2.24) is 4.98 Å². The van der Waals surface area contributed by atoms with Gasteiger partial charge in [-0.15, -0.1) is 0 Å². The minimum absolute atomic E-state index is 0.00143. The lowest BCUT2D eigenvalue weighted by molar-refractivity contribution is -0.138. The van der Waals surface area contributed by atoms with Crippen LogP contribution >= 0.6 is 23.2 Å². The summed E-state index contributed by atoms with van der Waals surface area (Å²) in [5, 5.41) is 9.22. The number of aliphatic hydroxyl groups excluding tert-OH is 1. The number of aromatic nitrogens is 1. The number of alkyl halides is 3. The zero-order valence-electron chi connectivity index (χ0n) is 9.88. The van der Waals surface area contributed by atoms with Crippen molar-refractivity contribution in [3.63, 3.8) is 0 Å². The molecular weight excluding hydrogens is 314 g/mol. The fraction of sp³-hybridized carbons (Fsp3) is 0.154. The van der Waals surface area contributed by atoms with Crippen molar-refractivity contribution < 1.29 is 18.3 Å². The first-order valence-corrected chi connectivity index (χ1v) is 6.22. The van der Waals surface area contributed by atoms with E-state index in [4.69, 9.17) is 28.3 Å². The molecule has 106 valence electrons. The second-order valence-electron chi connectivity index (χ2n) is 3.95. The van der Waals surface area contributed by atoms with Crippen molar-refractivity contribution in [3.8, 4) is 11.3 Å². The van der Waals surface area contributed by atoms with Crippen molar-refractivity contribution in [1.29, 1.82) is 0 Å². The molecule has 1 heterocycles. The van der Waals surface area contributed by atoms with E-state index in [1.54, 1.807) is 0 Å². The summed E-state index contributed by atoms with van der Waals surface area (Å²) in [6.45, 7) is -0.758. The van der Waals surface area contributed by atoms with Crippen LogP contribution in [0.15, 0.2) is 30.5 Å². The molecule has 2 rings (SSSR count). The van der Waals surface area contributed by atoms with Crippen LogP contribution < -0.4 is 0 Å². The molecule has 0 aliphatic carbocycles. The third kappa shape index (κ3) is 2.75. The van der Waals surface area contributed by atoms with Gasteiger partial charge in [-0.2, -0.15) is 13.2 Å². The van der Waals surface area contributed by atoms with E-state index in [0.29, 0.717) is 0 Å². The van der Waals surface area contributed by atoms with Crippen LogP contribution in [0.1, 0.15) is 11.1 Å². The fourth-order valence-electron chi connectivity index (χ4n) is 1.86. The molecule has 0 atom stereocenters. The molecule has 0 spiro atoms. The first-order valence-electron chi connectivity index (χ1n) is 5.46. The molecule has 2 nitrogen and oxygen atoms in total. The van der Waals surface area contributed by atoms with Crippen molar-refractivity contribution in [2.45, 2.75) is 12.8 Å². The highest BCUT2D eigenvalue weighted by atomic mass is 35.5. The molecule has 0 amide bonds. The monoisotopic (exact) mass is 321 g/mol. The molecule has 0 unspecified atom stereocenters. The van der Waals surface area contributed by atoms with Gasteiger partial charge in [0.1, 0.15) is 0 Å². The zero-order valence-corrected chi connectivity index (χ0v) is 11.4. The van der Waals surface area contributed by atoms with E-state index in [-0.39, 0.29) is 26.9 Å². The van der Waals surface area contributed by atoms with Gasteiger partial charge < -0.3 is 5.11 Å². The molecule has 0 radical (unpaired) electrons. The molecular formula is C13H8Cl2F3NO. The normalized spacial score (nSPS) is 11.7. The van der Waals surface area contributed by atoms with Crippen LogP contribution in [0.3, 0.4) is 0 Å². The Morgan fingerprint density at radius 3 is 2.20 bits per heavy atom. The predicted molar refractivity (Wildman–Crippen MR) is 70.6 cm³/mol. The first kappa shape index (κ1) is 15.1. The van der Waals surface area contributed by atoms with Crippen LogP contribution in [0.2, 0.25) is 10.0 Å². The number of benzene rings is 1. The summed E-state index contributed by atoms with van der Waals surface area (Å²) in [5.41, 5.74) is -1.70. The Morgan fingerprint density at radius 2 is 1.70 bits per heavy atom. The minimum Gasteiger partial charge on any atom is -0.392 e. The Labute approximate surface area is 122 Å². The molecule has 0 saturated carbocycles. The lowest BCUT2D eigenvalue weighted by Crippen LogP contribution is -2.13. The van der Waals surface area contributed by atoms with Gasteiger partial charge in [-0.25, -0.2) is 0 Å². The summed E-state index contributed by atoms with van der Waals surface area (Å²) in [6.07, 6.45) is -3.50. The summed E-state index contributed by atoms with van der Waals surface area (Å²) in [4.78, 5) is 3.75. The highest BCUT2D eigenvalue weighted by Crippen LogP contribution is 2.42. The Bertz CT molecular complexity index is 624. The van der Waals surface area contributed by atoms with E-state index < -0.39 is 18.3 Å². The number of halogens is 5. The molecule has 20 heavy (non-hydrogen) atoms. The van der Waals surface area contributed by atoms with Crippen molar-refractivity contribution >= 4 is 23.2 Å². The molecule has 2 aromatic rings. The molecule has 0 bridgehead atoms. The van der Waals surface area contributed by atoms with Gasteiger partial charge in [0.2, 0.25) is 0 Å². The smallest absolute Gasteiger partial charge is 0.392 e. The molecule has 7 heteroatoms. The third-order valence-electron chi connectivity index (χ3n) is 2.69. The molecule has 1 aromatic heterocycles. The SMILES string of the molecule is OCc1ccnc(-c2c(Cl)cccc2Cl)c1C(F)(F)F. The highest BCUT2D eigenvalue weighted by Gasteiger charge is 2.37. The Kier molecular flexibility index (Phi) is 4.22. The molecule has 1 N–H and O–H groups in total. The van der Waals surface area contributed by atoms with Crippen LogP contribution in [0.25, 0.3) is 11.3 Å². The van der Waals surface area contributed by atoms with E-state index in [1.807, 2.05) is 0 Å². The average molecular weight is 322 g/mol. The number of nitrogens with zero attached hydrogens (tertiary/aromatic N) is 1. The Balaban J connectivity index is 2.82. The second-order valence-corrected chi connectivity index (χ2v) is 4.76. The van der Waals surface area contributed by atoms with E-state index in [2.05, 4.69) is 4.98 Å². The van der Waals surface area contributed by atoms with Gasteiger partial charge in [-0.1, -0.05) is 29.3 Å². The summed E-state index contributed by atoms with van der Waals surface area (Å²) < 4.78 is 39.6. The standard InChI is InChI=1S/C13H8Cl2F3NO/c14-8-2-1-3-9(15)10(8)12-11(13(16,17)18)7(6-20)4-5-19-12/h1-5,20H,6H2. The van der Waals surface area contributed by atoms with Gasteiger partial charge in [0.15, 0.2) is 0 Å².